The summed E-state index contributed by atoms with van der Waals surface area (Å²) in [5.74, 6) is 0. The Bertz CT molecular complexity index is 435. The fourth-order valence-electron chi connectivity index (χ4n) is 2.71. The maximum atomic E-state index is 4.02. The van der Waals surface area contributed by atoms with Crippen LogP contribution in [-0.2, 0) is 11.8 Å². The van der Waals surface area contributed by atoms with Crippen LogP contribution in [0.2, 0.25) is 0 Å². The Labute approximate surface area is 98.6 Å². The third-order valence-electron chi connectivity index (χ3n) is 3.26. The Morgan fingerprint density at radius 3 is 2.50 bits per heavy atom. The predicted molar refractivity (Wildman–Crippen MR) is 71.0 cm³/mol. The van der Waals surface area contributed by atoms with Crippen LogP contribution in [0.5, 0.6) is 0 Å². The van der Waals surface area contributed by atoms with E-state index in [0.29, 0.717) is 0 Å². The number of rotatable bonds is 0. The van der Waals surface area contributed by atoms with Crippen molar-refractivity contribution in [2.45, 2.75) is 46.0 Å². The van der Waals surface area contributed by atoms with Gasteiger partial charge in [-0.15, -0.1) is 0 Å². The van der Waals surface area contributed by atoms with Crippen molar-refractivity contribution in [3.63, 3.8) is 0 Å². The molecule has 0 saturated carbocycles. The number of aryl methyl sites for hydroxylation is 1. The summed E-state index contributed by atoms with van der Waals surface area (Å²) in [4.78, 5) is 0. The fourth-order valence-corrected chi connectivity index (χ4v) is 2.71. The highest BCUT2D eigenvalue weighted by Gasteiger charge is 2.24. The Kier molecular flexibility index (Phi) is 2.57. The Morgan fingerprint density at radius 2 is 1.88 bits per heavy atom. The van der Waals surface area contributed by atoms with E-state index in [2.05, 4.69) is 51.7 Å². The van der Waals surface area contributed by atoms with E-state index in [0.717, 1.165) is 18.5 Å². The molecule has 1 aliphatic heterocycles. The lowest BCUT2D eigenvalue weighted by atomic mass is 9.78. The minimum atomic E-state index is 0.218. The van der Waals surface area contributed by atoms with Crippen LogP contribution in [0.25, 0.3) is 0 Å². The number of allylic oxidation sites excluding steroid dienone is 1. The molecule has 16 heavy (non-hydrogen) atoms. The van der Waals surface area contributed by atoms with Crippen LogP contribution in [-0.4, -0.2) is 0 Å². The van der Waals surface area contributed by atoms with E-state index in [9.17, 15) is 0 Å². The van der Waals surface area contributed by atoms with Crippen molar-refractivity contribution in [3.05, 3.63) is 41.1 Å². The standard InChI is InChI=1S/C15H21N/c1-10-6-9-13-12(8-7-11(2)16-13)14(10)15(3,4)5/h6,9,16H,2,7-8H2,1,3-5H3. The maximum absolute atomic E-state index is 4.02. The molecule has 1 heteroatoms. The summed E-state index contributed by atoms with van der Waals surface area (Å²) in [6.07, 6.45) is 2.18. The topological polar surface area (TPSA) is 12.0 Å². The van der Waals surface area contributed by atoms with Gasteiger partial charge in [-0.2, -0.15) is 0 Å². The van der Waals surface area contributed by atoms with Gasteiger partial charge in [-0.3, -0.25) is 0 Å². The molecule has 0 unspecified atom stereocenters. The number of hydrogen-bond donors (Lipinski definition) is 1. The molecule has 0 radical (unpaired) electrons. The summed E-state index contributed by atoms with van der Waals surface area (Å²) in [5.41, 5.74) is 7.00. The number of anilines is 1. The summed E-state index contributed by atoms with van der Waals surface area (Å²) < 4.78 is 0. The Balaban J connectivity index is 2.60. The van der Waals surface area contributed by atoms with Crippen molar-refractivity contribution in [1.82, 2.24) is 0 Å². The minimum Gasteiger partial charge on any atom is -0.359 e. The number of fused-ring (bicyclic) bond motifs is 1. The third-order valence-corrected chi connectivity index (χ3v) is 3.26. The molecule has 0 aromatic heterocycles. The molecule has 0 amide bonds. The van der Waals surface area contributed by atoms with Gasteiger partial charge in [0, 0.05) is 11.4 Å². The van der Waals surface area contributed by atoms with E-state index in [-0.39, 0.29) is 5.41 Å². The summed E-state index contributed by atoms with van der Waals surface area (Å²) in [6, 6.07) is 4.40. The highest BCUT2D eigenvalue weighted by Crippen LogP contribution is 2.37. The number of nitrogens with one attached hydrogen (secondary N) is 1. The second kappa shape index (κ2) is 3.65. The summed E-state index contributed by atoms with van der Waals surface area (Å²) in [6.45, 7) is 13.1. The molecule has 0 saturated heterocycles. The van der Waals surface area contributed by atoms with E-state index >= 15 is 0 Å². The van der Waals surface area contributed by atoms with Crippen molar-refractivity contribution in [2.24, 2.45) is 0 Å². The molecule has 1 nitrogen and oxygen atoms in total. The number of hydrogen-bond acceptors (Lipinski definition) is 1. The molecule has 1 aromatic carbocycles. The van der Waals surface area contributed by atoms with Gasteiger partial charge in [0.15, 0.2) is 0 Å². The molecule has 2 rings (SSSR count). The molecule has 0 fully saturated rings. The molecule has 0 bridgehead atoms. The monoisotopic (exact) mass is 215 g/mol. The molecular formula is C15H21N. The highest BCUT2D eigenvalue weighted by molar-refractivity contribution is 5.63. The molecular weight excluding hydrogens is 194 g/mol. The largest absolute Gasteiger partial charge is 0.359 e. The maximum Gasteiger partial charge on any atom is 0.0417 e. The molecule has 0 aliphatic carbocycles. The smallest absolute Gasteiger partial charge is 0.0417 e. The van der Waals surface area contributed by atoms with Gasteiger partial charge in [0.2, 0.25) is 0 Å². The van der Waals surface area contributed by atoms with Gasteiger partial charge in [-0.1, -0.05) is 33.4 Å². The van der Waals surface area contributed by atoms with E-state index in [1.807, 2.05) is 0 Å². The molecule has 1 aromatic rings. The SMILES string of the molecule is C=C1CCc2c(ccc(C)c2C(C)(C)C)N1. The lowest BCUT2D eigenvalue weighted by molar-refractivity contribution is 0.577. The van der Waals surface area contributed by atoms with E-state index in [4.69, 9.17) is 0 Å². The fraction of sp³-hybridized carbons (Fsp3) is 0.467. The van der Waals surface area contributed by atoms with Gasteiger partial charge >= 0.3 is 0 Å². The van der Waals surface area contributed by atoms with Crippen LogP contribution in [0, 0.1) is 6.92 Å². The van der Waals surface area contributed by atoms with Crippen LogP contribution in [0.1, 0.15) is 43.9 Å². The summed E-state index contributed by atoms with van der Waals surface area (Å²) in [5, 5.41) is 3.41. The van der Waals surface area contributed by atoms with E-state index in [1.54, 1.807) is 0 Å². The second-order valence-electron chi connectivity index (χ2n) is 5.76. The highest BCUT2D eigenvalue weighted by atomic mass is 14.9. The minimum absolute atomic E-state index is 0.218. The lowest BCUT2D eigenvalue weighted by Crippen LogP contribution is -2.20. The van der Waals surface area contributed by atoms with Crippen LogP contribution >= 0.6 is 0 Å². The van der Waals surface area contributed by atoms with Crippen LogP contribution in [0.15, 0.2) is 24.4 Å². The summed E-state index contributed by atoms with van der Waals surface area (Å²) >= 11 is 0. The number of benzene rings is 1. The molecule has 86 valence electrons. The van der Waals surface area contributed by atoms with Gasteiger partial charge in [-0.25, -0.2) is 0 Å². The molecule has 1 aliphatic rings. The average Bonchev–Trinajstić information content (AvgIpc) is 2.16. The Hall–Kier alpha value is -1.24. The van der Waals surface area contributed by atoms with Crippen LogP contribution in [0.3, 0.4) is 0 Å². The first kappa shape index (κ1) is 11.3. The predicted octanol–water partition coefficient (Wildman–Crippen LogP) is 4.16. The second-order valence-corrected chi connectivity index (χ2v) is 5.76. The van der Waals surface area contributed by atoms with Gasteiger partial charge in [-0.05, 0) is 47.9 Å². The normalized spacial score (nSPS) is 15.6. The molecule has 1 heterocycles. The zero-order chi connectivity index (χ0) is 11.9. The van der Waals surface area contributed by atoms with Crippen molar-refractivity contribution in [3.8, 4) is 0 Å². The van der Waals surface area contributed by atoms with E-state index < -0.39 is 0 Å². The van der Waals surface area contributed by atoms with Crippen LogP contribution < -0.4 is 5.32 Å². The first-order chi connectivity index (χ1) is 7.39. The van der Waals surface area contributed by atoms with E-state index in [1.165, 1.54) is 22.4 Å². The lowest BCUT2D eigenvalue weighted by Gasteiger charge is -2.30. The van der Waals surface area contributed by atoms with Gasteiger partial charge in [0.25, 0.3) is 0 Å². The van der Waals surface area contributed by atoms with Crippen molar-refractivity contribution < 1.29 is 0 Å². The Morgan fingerprint density at radius 1 is 1.19 bits per heavy atom. The first-order valence-electron chi connectivity index (χ1n) is 5.97. The van der Waals surface area contributed by atoms with Gasteiger partial charge in [0.05, 0.1) is 0 Å². The van der Waals surface area contributed by atoms with Crippen LogP contribution in [0.4, 0.5) is 5.69 Å². The zero-order valence-electron chi connectivity index (χ0n) is 10.8. The average molecular weight is 215 g/mol. The van der Waals surface area contributed by atoms with Crippen molar-refractivity contribution in [1.29, 1.82) is 0 Å². The van der Waals surface area contributed by atoms with Gasteiger partial charge < -0.3 is 5.32 Å². The first-order valence-corrected chi connectivity index (χ1v) is 5.97. The summed E-state index contributed by atoms with van der Waals surface area (Å²) in [7, 11) is 0. The van der Waals surface area contributed by atoms with Crippen molar-refractivity contribution in [2.75, 3.05) is 5.32 Å². The zero-order valence-corrected chi connectivity index (χ0v) is 10.8. The molecule has 0 atom stereocenters. The third kappa shape index (κ3) is 1.87. The van der Waals surface area contributed by atoms with Gasteiger partial charge in [0.1, 0.15) is 0 Å². The molecule has 0 spiro atoms. The van der Waals surface area contributed by atoms with Crippen molar-refractivity contribution >= 4 is 5.69 Å². The quantitative estimate of drug-likeness (QED) is 0.685. The molecule has 1 N–H and O–H groups in total.